The maximum atomic E-state index is 13.0. The topological polar surface area (TPSA) is 229 Å². The van der Waals surface area contributed by atoms with Gasteiger partial charge in [-0.25, -0.2) is 0 Å². The van der Waals surface area contributed by atoms with Crippen LogP contribution >= 0.6 is 0 Å². The standard InChI is InChI=1S/C27H30O14/c1-10-19(31)22(34)24(36)26(38-10)41-25-23(35)21(33)17(8-28)40-27(25)39-13-4-2-11(3-5-13)14-9-37-16-7-12(29)6-15(30)18(16)20(14)32/h2-7,9-10,17,19,21-31,33-36H,8H2,1H3/t10-,17-,19+,21-,22-,23-,24-,25-,26+,27-/m1/s1. The zero-order valence-electron chi connectivity index (χ0n) is 21.5. The first-order valence-corrected chi connectivity index (χ1v) is 12.7. The van der Waals surface area contributed by atoms with Crippen molar-refractivity contribution in [1.29, 1.82) is 0 Å². The third kappa shape index (κ3) is 5.49. The maximum absolute atomic E-state index is 13.0. The van der Waals surface area contributed by atoms with Crippen molar-refractivity contribution in [3.63, 3.8) is 0 Å². The van der Waals surface area contributed by atoms with Crippen molar-refractivity contribution in [1.82, 2.24) is 0 Å². The Hall–Kier alpha value is -3.31. The predicted molar refractivity (Wildman–Crippen MR) is 137 cm³/mol. The molecule has 222 valence electrons. The molecule has 1 aromatic heterocycles. The van der Waals surface area contributed by atoms with Crippen molar-refractivity contribution in [2.45, 2.75) is 68.3 Å². The first kappa shape index (κ1) is 29.2. The molecule has 0 bridgehead atoms. The second kappa shape index (κ2) is 11.5. The summed E-state index contributed by atoms with van der Waals surface area (Å²) >= 11 is 0. The van der Waals surface area contributed by atoms with E-state index < -0.39 is 79.2 Å². The molecule has 2 aliphatic heterocycles. The fourth-order valence-electron chi connectivity index (χ4n) is 4.84. The van der Waals surface area contributed by atoms with Gasteiger partial charge in [-0.15, -0.1) is 0 Å². The Balaban J connectivity index is 1.39. The van der Waals surface area contributed by atoms with Crippen molar-refractivity contribution in [2.24, 2.45) is 0 Å². The van der Waals surface area contributed by atoms with Crippen molar-refractivity contribution in [3.05, 3.63) is 52.9 Å². The Morgan fingerprint density at radius 1 is 0.854 bits per heavy atom. The third-order valence-corrected chi connectivity index (χ3v) is 7.18. The molecular formula is C27H30O14. The Morgan fingerprint density at radius 3 is 2.24 bits per heavy atom. The van der Waals surface area contributed by atoms with Crippen molar-refractivity contribution < 1.29 is 64.2 Å². The smallest absolute Gasteiger partial charge is 0.229 e. The van der Waals surface area contributed by atoms with E-state index in [1.165, 1.54) is 43.5 Å². The Labute approximate surface area is 231 Å². The number of benzene rings is 2. The highest BCUT2D eigenvalue weighted by molar-refractivity contribution is 5.88. The van der Waals surface area contributed by atoms with Gasteiger partial charge in [0.2, 0.25) is 11.7 Å². The number of phenols is 2. The predicted octanol–water partition coefficient (Wildman–Crippen LogP) is -1.10. The molecule has 10 atom stereocenters. The number of phenolic OH excluding ortho intramolecular Hbond substituents is 2. The number of ether oxygens (including phenoxy) is 4. The monoisotopic (exact) mass is 578 g/mol. The van der Waals surface area contributed by atoms with Crippen LogP contribution in [0, 0.1) is 0 Å². The molecule has 2 aliphatic rings. The first-order chi connectivity index (χ1) is 19.5. The maximum Gasteiger partial charge on any atom is 0.229 e. The van der Waals surface area contributed by atoms with E-state index in [4.69, 9.17) is 23.4 Å². The Bertz CT molecular complexity index is 1420. The second-order valence-corrected chi connectivity index (χ2v) is 9.95. The van der Waals surface area contributed by atoms with Gasteiger partial charge in [0.05, 0.1) is 18.3 Å². The average Bonchev–Trinajstić information content (AvgIpc) is 2.94. The molecule has 14 nitrogen and oxygen atoms in total. The van der Waals surface area contributed by atoms with Gasteiger partial charge < -0.3 is 64.2 Å². The first-order valence-electron chi connectivity index (χ1n) is 12.7. The van der Waals surface area contributed by atoms with Crippen LogP contribution in [0.1, 0.15) is 6.92 Å². The van der Waals surface area contributed by atoms with Crippen LogP contribution in [0.25, 0.3) is 22.1 Å². The summed E-state index contributed by atoms with van der Waals surface area (Å²) in [5.74, 6) is -0.563. The van der Waals surface area contributed by atoms with E-state index in [2.05, 4.69) is 0 Å². The molecular weight excluding hydrogens is 548 g/mol. The minimum Gasteiger partial charge on any atom is -0.508 e. The number of hydrogen-bond donors (Lipinski definition) is 8. The summed E-state index contributed by atoms with van der Waals surface area (Å²) in [7, 11) is 0. The SMILES string of the molecule is C[C@H]1O[C@@H](O[C@H]2[C@H](Oc3ccc(-c4coc5cc(O)cc(O)c5c4=O)cc3)O[C@H](CO)[C@@H](O)[C@H]2O)[C@H](O)[C@H](O)[C@H]1O. The minimum absolute atomic E-state index is 0.000592. The Kier molecular flexibility index (Phi) is 8.20. The second-order valence-electron chi connectivity index (χ2n) is 9.95. The largest absolute Gasteiger partial charge is 0.508 e. The highest BCUT2D eigenvalue weighted by Gasteiger charge is 2.50. The lowest BCUT2D eigenvalue weighted by molar-refractivity contribution is -0.354. The zero-order valence-corrected chi connectivity index (χ0v) is 21.5. The number of rotatable bonds is 6. The third-order valence-electron chi connectivity index (χ3n) is 7.18. The van der Waals surface area contributed by atoms with Gasteiger partial charge in [-0.05, 0) is 24.6 Å². The molecule has 3 aromatic rings. The molecule has 0 aliphatic carbocycles. The molecule has 0 spiro atoms. The summed E-state index contributed by atoms with van der Waals surface area (Å²) in [6, 6.07) is 8.14. The summed E-state index contributed by atoms with van der Waals surface area (Å²) < 4.78 is 28.0. The van der Waals surface area contributed by atoms with Gasteiger partial charge >= 0.3 is 0 Å². The molecule has 0 radical (unpaired) electrons. The van der Waals surface area contributed by atoms with Gasteiger partial charge in [0.25, 0.3) is 0 Å². The van der Waals surface area contributed by atoms with Crippen molar-refractivity contribution in [3.8, 4) is 28.4 Å². The van der Waals surface area contributed by atoms with Crippen molar-refractivity contribution in [2.75, 3.05) is 6.61 Å². The normalized spacial score (nSPS) is 34.0. The summed E-state index contributed by atoms with van der Waals surface area (Å²) in [4.78, 5) is 13.0. The van der Waals surface area contributed by atoms with Gasteiger partial charge in [-0.1, -0.05) is 12.1 Å². The quantitative estimate of drug-likeness (QED) is 0.174. The Morgan fingerprint density at radius 2 is 1.56 bits per heavy atom. The van der Waals surface area contributed by atoms with E-state index in [1.54, 1.807) is 0 Å². The van der Waals surface area contributed by atoms with Crippen LogP contribution in [0.3, 0.4) is 0 Å². The molecule has 3 heterocycles. The number of aliphatic hydroxyl groups is 6. The van der Waals surface area contributed by atoms with Crippen LogP contribution < -0.4 is 10.2 Å². The zero-order chi connectivity index (χ0) is 29.6. The van der Waals surface area contributed by atoms with Crippen LogP contribution in [-0.2, 0) is 14.2 Å². The van der Waals surface area contributed by atoms with E-state index in [0.717, 1.165) is 6.07 Å². The highest BCUT2D eigenvalue weighted by Crippen LogP contribution is 2.32. The van der Waals surface area contributed by atoms with Crippen molar-refractivity contribution >= 4 is 11.0 Å². The van der Waals surface area contributed by atoms with Crippen LogP contribution in [-0.4, -0.2) is 109 Å². The number of aliphatic hydroxyl groups excluding tert-OH is 6. The minimum atomic E-state index is -1.71. The van der Waals surface area contributed by atoms with E-state index in [1.807, 2.05) is 0 Å². The molecule has 5 rings (SSSR count). The molecule has 2 aromatic carbocycles. The van der Waals surface area contributed by atoms with Gasteiger partial charge in [-0.3, -0.25) is 4.79 Å². The summed E-state index contributed by atoms with van der Waals surface area (Å²) in [6.07, 6.45) is -13.5. The number of fused-ring (bicyclic) bond motifs is 1. The molecule has 41 heavy (non-hydrogen) atoms. The van der Waals surface area contributed by atoms with E-state index >= 15 is 0 Å². The number of hydrogen-bond acceptors (Lipinski definition) is 14. The number of aromatic hydroxyl groups is 2. The molecule has 8 N–H and O–H groups in total. The van der Waals surface area contributed by atoms with Crippen LogP contribution in [0.4, 0.5) is 0 Å². The van der Waals surface area contributed by atoms with Gasteiger partial charge in [0.15, 0.2) is 12.4 Å². The molecule has 0 unspecified atom stereocenters. The fraction of sp³-hybridized carbons (Fsp3) is 0.444. The summed E-state index contributed by atoms with van der Waals surface area (Å²) in [6.45, 7) is 0.772. The lowest BCUT2D eigenvalue weighted by Crippen LogP contribution is -2.64. The molecule has 0 saturated carbocycles. The van der Waals surface area contributed by atoms with Gasteiger partial charge in [-0.2, -0.15) is 0 Å². The lowest BCUT2D eigenvalue weighted by atomic mass is 9.97. The van der Waals surface area contributed by atoms with E-state index in [0.29, 0.717) is 5.56 Å². The van der Waals surface area contributed by atoms with Crippen LogP contribution in [0.5, 0.6) is 17.2 Å². The fourth-order valence-corrected chi connectivity index (χ4v) is 4.84. The van der Waals surface area contributed by atoms with Gasteiger partial charge in [0, 0.05) is 12.1 Å². The molecule has 2 fully saturated rings. The summed E-state index contributed by atoms with van der Waals surface area (Å²) in [5.41, 5.74) is -0.0459. The van der Waals surface area contributed by atoms with E-state index in [-0.39, 0.29) is 28.0 Å². The molecule has 2 saturated heterocycles. The van der Waals surface area contributed by atoms with Crippen LogP contribution in [0.2, 0.25) is 0 Å². The molecule has 0 amide bonds. The lowest BCUT2D eigenvalue weighted by Gasteiger charge is -2.45. The molecule has 14 heteroatoms. The average molecular weight is 579 g/mol. The van der Waals surface area contributed by atoms with Gasteiger partial charge in [0.1, 0.15) is 71.1 Å². The van der Waals surface area contributed by atoms with E-state index in [9.17, 15) is 45.6 Å². The van der Waals surface area contributed by atoms with Crippen LogP contribution in [0.15, 0.2) is 51.9 Å². The summed E-state index contributed by atoms with van der Waals surface area (Å²) in [5, 5.41) is 80.9. The highest BCUT2D eigenvalue weighted by atomic mass is 16.8.